The predicted octanol–water partition coefficient (Wildman–Crippen LogP) is 2.41. The van der Waals surface area contributed by atoms with Crippen molar-refractivity contribution in [3.63, 3.8) is 0 Å². The van der Waals surface area contributed by atoms with Crippen LogP contribution in [0.15, 0.2) is 24.3 Å². The van der Waals surface area contributed by atoms with E-state index in [9.17, 15) is 14.4 Å². The fourth-order valence-corrected chi connectivity index (χ4v) is 3.29. The molecule has 0 aliphatic carbocycles. The molecule has 9 heteroatoms. The van der Waals surface area contributed by atoms with Gasteiger partial charge in [-0.2, -0.15) is 0 Å². The molecule has 8 nitrogen and oxygen atoms in total. The van der Waals surface area contributed by atoms with Gasteiger partial charge in [0.1, 0.15) is 11.8 Å². The van der Waals surface area contributed by atoms with Gasteiger partial charge in [0, 0.05) is 18.7 Å². The molecule has 2 N–H and O–H groups in total. The number of hydrogen-bond acceptors (Lipinski definition) is 6. The molecule has 2 unspecified atom stereocenters. The molecule has 0 spiro atoms. The van der Waals surface area contributed by atoms with Crippen LogP contribution in [0, 0.1) is 0 Å². The SMILES string of the molecule is CCCCOc1cccc(C(=O)NC(=S)N2CCNC(=O)C2CC(=O)OC(C)CC)c1. The fraction of sp³-hybridized carbons (Fsp3) is 0.545. The summed E-state index contributed by atoms with van der Waals surface area (Å²) in [6.45, 7) is 7.11. The zero-order chi connectivity index (χ0) is 22.8. The Hall–Kier alpha value is -2.68. The number of esters is 1. The number of nitrogens with zero attached hydrogens (tertiary/aromatic N) is 1. The second-order valence-electron chi connectivity index (χ2n) is 7.40. The first-order valence-corrected chi connectivity index (χ1v) is 11.1. The summed E-state index contributed by atoms with van der Waals surface area (Å²) in [5.41, 5.74) is 0.394. The highest BCUT2D eigenvalue weighted by molar-refractivity contribution is 7.80. The highest BCUT2D eigenvalue weighted by Gasteiger charge is 2.34. The molecule has 2 atom stereocenters. The molecular formula is C22H31N3O5S. The molecule has 1 aromatic rings. The summed E-state index contributed by atoms with van der Waals surface area (Å²) in [6.07, 6.45) is 2.25. The van der Waals surface area contributed by atoms with Gasteiger partial charge >= 0.3 is 5.97 Å². The third-order valence-corrected chi connectivity index (χ3v) is 5.28. The van der Waals surface area contributed by atoms with Crippen molar-refractivity contribution in [1.29, 1.82) is 0 Å². The predicted molar refractivity (Wildman–Crippen MR) is 121 cm³/mol. The molecule has 0 saturated carbocycles. The maximum atomic E-state index is 12.7. The Labute approximate surface area is 188 Å². The van der Waals surface area contributed by atoms with Crippen LogP contribution in [0.4, 0.5) is 0 Å². The van der Waals surface area contributed by atoms with Crippen LogP contribution in [0.25, 0.3) is 0 Å². The summed E-state index contributed by atoms with van der Waals surface area (Å²) >= 11 is 5.39. The van der Waals surface area contributed by atoms with E-state index in [4.69, 9.17) is 21.7 Å². The summed E-state index contributed by atoms with van der Waals surface area (Å²) in [4.78, 5) is 38.8. The minimum Gasteiger partial charge on any atom is -0.494 e. The minimum atomic E-state index is -0.832. The number of amides is 2. The lowest BCUT2D eigenvalue weighted by Crippen LogP contribution is -2.60. The van der Waals surface area contributed by atoms with Gasteiger partial charge in [-0.3, -0.25) is 19.7 Å². The Balaban J connectivity index is 2.02. The van der Waals surface area contributed by atoms with Gasteiger partial charge in [0.25, 0.3) is 5.91 Å². The van der Waals surface area contributed by atoms with E-state index >= 15 is 0 Å². The summed E-state index contributed by atoms with van der Waals surface area (Å²) in [5.74, 6) is -0.601. The maximum absolute atomic E-state index is 12.7. The van der Waals surface area contributed by atoms with Crippen molar-refractivity contribution in [3.05, 3.63) is 29.8 Å². The lowest BCUT2D eigenvalue weighted by atomic mass is 10.1. The van der Waals surface area contributed by atoms with Crippen LogP contribution in [-0.2, 0) is 14.3 Å². The van der Waals surface area contributed by atoms with E-state index in [2.05, 4.69) is 17.6 Å². The molecule has 0 radical (unpaired) electrons. The molecule has 1 aromatic carbocycles. The molecular weight excluding hydrogens is 418 g/mol. The van der Waals surface area contributed by atoms with Crippen molar-refractivity contribution >= 4 is 35.1 Å². The van der Waals surface area contributed by atoms with Crippen LogP contribution in [0.2, 0.25) is 0 Å². The van der Waals surface area contributed by atoms with Crippen molar-refractivity contribution in [2.75, 3.05) is 19.7 Å². The highest BCUT2D eigenvalue weighted by atomic mass is 32.1. The molecule has 1 fully saturated rings. The average Bonchev–Trinajstić information content (AvgIpc) is 2.75. The topological polar surface area (TPSA) is 97.0 Å². The number of rotatable bonds is 9. The van der Waals surface area contributed by atoms with Crippen molar-refractivity contribution in [2.45, 2.75) is 58.6 Å². The Kier molecular flexibility index (Phi) is 9.71. The minimum absolute atomic E-state index is 0.0958. The second kappa shape index (κ2) is 12.2. The van der Waals surface area contributed by atoms with Crippen LogP contribution in [-0.4, -0.2) is 59.6 Å². The van der Waals surface area contributed by atoms with Crippen molar-refractivity contribution in [3.8, 4) is 5.75 Å². The van der Waals surface area contributed by atoms with Crippen LogP contribution in [0.1, 0.15) is 56.8 Å². The molecule has 0 aromatic heterocycles. The number of carbonyl (C=O) groups is 3. The molecule has 2 amide bonds. The van der Waals surface area contributed by atoms with E-state index in [-0.39, 0.29) is 23.5 Å². The maximum Gasteiger partial charge on any atom is 0.308 e. The van der Waals surface area contributed by atoms with E-state index in [0.29, 0.717) is 37.4 Å². The quantitative estimate of drug-likeness (QED) is 0.339. The monoisotopic (exact) mass is 449 g/mol. The van der Waals surface area contributed by atoms with Crippen LogP contribution >= 0.6 is 12.2 Å². The number of thiocarbonyl (C=S) groups is 1. The highest BCUT2D eigenvalue weighted by Crippen LogP contribution is 2.15. The van der Waals surface area contributed by atoms with E-state index in [1.807, 2.05) is 6.92 Å². The molecule has 170 valence electrons. The molecule has 1 aliphatic rings. The van der Waals surface area contributed by atoms with Crippen LogP contribution in [0.3, 0.4) is 0 Å². The first kappa shape index (κ1) is 24.6. The number of nitrogens with one attached hydrogen (secondary N) is 2. The second-order valence-corrected chi connectivity index (χ2v) is 7.79. The third-order valence-electron chi connectivity index (χ3n) is 4.94. The summed E-state index contributed by atoms with van der Waals surface area (Å²) in [5, 5.41) is 5.49. The van der Waals surface area contributed by atoms with E-state index < -0.39 is 17.9 Å². The van der Waals surface area contributed by atoms with E-state index in [1.165, 1.54) is 0 Å². The summed E-state index contributed by atoms with van der Waals surface area (Å²) in [7, 11) is 0. The van der Waals surface area contributed by atoms with Crippen molar-refractivity contribution in [1.82, 2.24) is 15.5 Å². The summed E-state index contributed by atoms with van der Waals surface area (Å²) in [6, 6.07) is 6.01. The smallest absolute Gasteiger partial charge is 0.308 e. The standard InChI is InChI=1S/C22H31N3O5S/c1-4-6-12-29-17-9-7-8-16(13-17)20(27)24-22(31)25-11-10-23-21(28)18(25)14-19(26)30-15(3)5-2/h7-9,13,15,18H,4-6,10-12,14H2,1-3H3,(H,23,28)(H,24,27,31). The van der Waals surface area contributed by atoms with Crippen LogP contribution in [0.5, 0.6) is 5.75 Å². The molecule has 1 saturated heterocycles. The Bertz CT molecular complexity index is 801. The van der Waals surface area contributed by atoms with Crippen molar-refractivity contribution in [2.24, 2.45) is 0 Å². The Morgan fingerprint density at radius 2 is 2.13 bits per heavy atom. The molecule has 31 heavy (non-hydrogen) atoms. The Morgan fingerprint density at radius 1 is 1.35 bits per heavy atom. The zero-order valence-corrected chi connectivity index (χ0v) is 19.1. The van der Waals surface area contributed by atoms with Crippen molar-refractivity contribution < 1.29 is 23.9 Å². The van der Waals surface area contributed by atoms with Gasteiger partial charge in [0.15, 0.2) is 5.11 Å². The number of unbranched alkanes of at least 4 members (excludes halogenated alkanes) is 1. The van der Waals surface area contributed by atoms with E-state index in [0.717, 1.165) is 12.8 Å². The van der Waals surface area contributed by atoms with Gasteiger partial charge in [-0.25, -0.2) is 0 Å². The van der Waals surface area contributed by atoms with E-state index in [1.54, 1.807) is 36.1 Å². The number of ether oxygens (including phenoxy) is 2. The largest absolute Gasteiger partial charge is 0.494 e. The first-order valence-electron chi connectivity index (χ1n) is 10.7. The normalized spacial score (nSPS) is 16.8. The van der Waals surface area contributed by atoms with Gasteiger partial charge < -0.3 is 19.7 Å². The fourth-order valence-electron chi connectivity index (χ4n) is 2.98. The third kappa shape index (κ3) is 7.50. The molecule has 1 aliphatic heterocycles. The van der Waals surface area contributed by atoms with Gasteiger partial charge in [0.05, 0.1) is 19.1 Å². The number of carbonyl (C=O) groups excluding carboxylic acids is 3. The molecule has 1 heterocycles. The van der Waals surface area contributed by atoms with Gasteiger partial charge in [-0.1, -0.05) is 26.3 Å². The van der Waals surface area contributed by atoms with Gasteiger partial charge in [-0.15, -0.1) is 0 Å². The average molecular weight is 450 g/mol. The lowest BCUT2D eigenvalue weighted by molar-refractivity contribution is -0.151. The molecule has 0 bridgehead atoms. The van der Waals surface area contributed by atoms with Crippen LogP contribution < -0.4 is 15.4 Å². The zero-order valence-electron chi connectivity index (χ0n) is 18.3. The number of hydrogen-bond donors (Lipinski definition) is 2. The number of piperazine rings is 1. The van der Waals surface area contributed by atoms with Gasteiger partial charge in [0.2, 0.25) is 5.91 Å². The first-order chi connectivity index (χ1) is 14.8. The molecule has 2 rings (SSSR count). The summed E-state index contributed by atoms with van der Waals surface area (Å²) < 4.78 is 10.9. The van der Waals surface area contributed by atoms with Gasteiger partial charge in [-0.05, 0) is 50.2 Å². The Morgan fingerprint density at radius 3 is 2.84 bits per heavy atom. The number of benzene rings is 1. The lowest BCUT2D eigenvalue weighted by Gasteiger charge is -2.36.